The molecular formula is C63H38N2O. The van der Waals surface area contributed by atoms with Crippen LogP contribution in [0, 0.1) is 0 Å². The largest absolute Gasteiger partial charge is 0.455 e. The number of fused-ring (bicyclic) bond motifs is 14. The summed E-state index contributed by atoms with van der Waals surface area (Å²) in [5.74, 6) is 0.676. The average molecular weight is 839 g/mol. The van der Waals surface area contributed by atoms with E-state index in [0.717, 1.165) is 72.3 Å². The van der Waals surface area contributed by atoms with Gasteiger partial charge in [0.2, 0.25) is 0 Å². The van der Waals surface area contributed by atoms with Crippen LogP contribution >= 0.6 is 0 Å². The Bertz CT molecular complexity index is 3900. The fourth-order valence-corrected chi connectivity index (χ4v) is 11.3. The molecule has 1 spiro atoms. The van der Waals surface area contributed by atoms with Gasteiger partial charge in [0, 0.05) is 33.0 Å². The van der Waals surface area contributed by atoms with Crippen molar-refractivity contribution < 1.29 is 4.42 Å². The summed E-state index contributed by atoms with van der Waals surface area (Å²) in [5, 5.41) is 4.60. The van der Waals surface area contributed by atoms with Crippen LogP contribution in [0.4, 0.5) is 0 Å². The second kappa shape index (κ2) is 14.2. The standard InChI is InChI=1S/C63H38N2O/c1-2-17-40(18-3-1)62-64-58(41-32-33-57-53(37-41)50-23-8-12-30-56(50)63(57)54-28-10-6-21-48(54)49-22-7-11-29-55(49)63)38-59(65-62)44-35-42(46-25-14-19-39-16-4-5-20-45(39)46)34-43(36-44)47-26-15-27-52-51-24-9-13-31-60(51)66-61(47)52/h1-38H. The van der Waals surface area contributed by atoms with E-state index < -0.39 is 5.41 Å². The number of benzene rings is 10. The molecule has 306 valence electrons. The summed E-state index contributed by atoms with van der Waals surface area (Å²) >= 11 is 0. The van der Waals surface area contributed by atoms with Crippen LogP contribution < -0.4 is 0 Å². The molecular weight excluding hydrogens is 801 g/mol. The summed E-state index contributed by atoms with van der Waals surface area (Å²) in [7, 11) is 0. The van der Waals surface area contributed by atoms with E-state index in [-0.39, 0.29) is 0 Å². The fraction of sp³-hybridized carbons (Fsp3) is 0.0159. The molecule has 0 aliphatic heterocycles. The van der Waals surface area contributed by atoms with Crippen LogP contribution in [0.5, 0.6) is 0 Å². The maximum Gasteiger partial charge on any atom is 0.160 e. The van der Waals surface area contributed by atoms with Crippen LogP contribution in [-0.2, 0) is 5.41 Å². The van der Waals surface area contributed by atoms with E-state index in [1.54, 1.807) is 0 Å². The first kappa shape index (κ1) is 36.8. The number of nitrogens with zero attached hydrogens (tertiary/aromatic N) is 2. The second-order valence-corrected chi connectivity index (χ2v) is 17.6. The Kier molecular flexibility index (Phi) is 7.90. The minimum Gasteiger partial charge on any atom is -0.455 e. The van der Waals surface area contributed by atoms with E-state index >= 15 is 0 Å². The number of para-hydroxylation sites is 2. The van der Waals surface area contributed by atoms with E-state index in [2.05, 4.69) is 212 Å². The molecule has 2 heterocycles. The smallest absolute Gasteiger partial charge is 0.160 e. The maximum atomic E-state index is 6.66. The topological polar surface area (TPSA) is 38.9 Å². The molecule has 0 bridgehead atoms. The van der Waals surface area contributed by atoms with Crippen LogP contribution in [0.3, 0.4) is 0 Å². The third kappa shape index (κ3) is 5.32. The third-order valence-corrected chi connectivity index (χ3v) is 14.1. The first-order chi connectivity index (χ1) is 32.7. The minimum absolute atomic E-state index is 0.412. The van der Waals surface area contributed by atoms with Crippen molar-refractivity contribution in [3.05, 3.63) is 253 Å². The van der Waals surface area contributed by atoms with Gasteiger partial charge < -0.3 is 4.42 Å². The molecule has 12 aromatic rings. The number of rotatable bonds is 5. The first-order valence-corrected chi connectivity index (χ1v) is 22.6. The van der Waals surface area contributed by atoms with Crippen molar-refractivity contribution in [1.82, 2.24) is 9.97 Å². The highest BCUT2D eigenvalue weighted by Crippen LogP contribution is 2.63. The molecule has 0 radical (unpaired) electrons. The predicted octanol–water partition coefficient (Wildman–Crippen LogP) is 16.2. The highest BCUT2D eigenvalue weighted by Gasteiger charge is 2.51. The molecule has 10 aromatic carbocycles. The summed E-state index contributed by atoms with van der Waals surface area (Å²) in [5.41, 5.74) is 20.8. The number of hydrogen-bond acceptors (Lipinski definition) is 3. The zero-order chi connectivity index (χ0) is 43.3. The van der Waals surface area contributed by atoms with Crippen molar-refractivity contribution >= 4 is 32.7 Å². The zero-order valence-electron chi connectivity index (χ0n) is 35.7. The SMILES string of the molecule is c1ccc(-c2nc(-c3cc(-c4cccc5ccccc45)cc(-c4cccc5c4oc4ccccc45)c3)cc(-c3ccc4c(c3)-c3ccccc3C43c4ccccc4-c4ccccc43)n2)cc1. The van der Waals surface area contributed by atoms with Crippen LogP contribution in [0.15, 0.2) is 235 Å². The molecule has 0 saturated carbocycles. The van der Waals surface area contributed by atoms with Crippen molar-refractivity contribution in [3.8, 4) is 78.4 Å². The second-order valence-electron chi connectivity index (χ2n) is 17.6. The van der Waals surface area contributed by atoms with Crippen LogP contribution in [-0.4, -0.2) is 9.97 Å². The molecule has 66 heavy (non-hydrogen) atoms. The number of hydrogen-bond donors (Lipinski definition) is 0. The maximum absolute atomic E-state index is 6.66. The summed E-state index contributed by atoms with van der Waals surface area (Å²) < 4.78 is 6.66. The Labute approximate surface area is 382 Å². The van der Waals surface area contributed by atoms with Crippen molar-refractivity contribution in [2.75, 3.05) is 0 Å². The summed E-state index contributed by atoms with van der Waals surface area (Å²) in [4.78, 5) is 10.8. The molecule has 0 fully saturated rings. The molecule has 0 amide bonds. The third-order valence-electron chi connectivity index (χ3n) is 14.1. The fourth-order valence-electron chi connectivity index (χ4n) is 11.3. The average Bonchev–Trinajstić information content (AvgIpc) is 4.03. The normalized spacial score (nSPS) is 13.0. The van der Waals surface area contributed by atoms with Gasteiger partial charge in [0.05, 0.1) is 16.8 Å². The molecule has 0 saturated heterocycles. The highest BCUT2D eigenvalue weighted by atomic mass is 16.3. The minimum atomic E-state index is -0.412. The lowest BCUT2D eigenvalue weighted by Gasteiger charge is -2.30. The van der Waals surface area contributed by atoms with E-state index in [1.165, 1.54) is 55.3 Å². The molecule has 0 unspecified atom stereocenters. The van der Waals surface area contributed by atoms with Crippen LogP contribution in [0.25, 0.3) is 111 Å². The predicted molar refractivity (Wildman–Crippen MR) is 270 cm³/mol. The van der Waals surface area contributed by atoms with Gasteiger partial charge in [-0.3, -0.25) is 0 Å². The van der Waals surface area contributed by atoms with Gasteiger partial charge in [-0.15, -0.1) is 0 Å². The van der Waals surface area contributed by atoms with Gasteiger partial charge in [-0.1, -0.05) is 194 Å². The quantitative estimate of drug-likeness (QED) is 0.173. The Morgan fingerprint density at radius 3 is 1.58 bits per heavy atom. The van der Waals surface area contributed by atoms with Gasteiger partial charge in [-0.25, -0.2) is 9.97 Å². The van der Waals surface area contributed by atoms with E-state index in [4.69, 9.17) is 14.4 Å². The molecule has 3 heteroatoms. The highest BCUT2D eigenvalue weighted by molar-refractivity contribution is 6.10. The van der Waals surface area contributed by atoms with E-state index in [0.29, 0.717) is 5.82 Å². The van der Waals surface area contributed by atoms with Gasteiger partial charge >= 0.3 is 0 Å². The van der Waals surface area contributed by atoms with Crippen molar-refractivity contribution in [1.29, 1.82) is 0 Å². The molecule has 3 nitrogen and oxygen atoms in total. The lowest BCUT2D eigenvalue weighted by atomic mass is 9.70. The molecule has 0 N–H and O–H groups in total. The Hall–Kier alpha value is -8.66. The Balaban J connectivity index is 1.00. The summed E-state index contributed by atoms with van der Waals surface area (Å²) in [6.45, 7) is 0. The van der Waals surface area contributed by atoms with E-state index in [9.17, 15) is 0 Å². The number of furan rings is 1. The Morgan fingerprint density at radius 2 is 0.818 bits per heavy atom. The van der Waals surface area contributed by atoms with E-state index in [1.807, 2.05) is 18.2 Å². The zero-order valence-corrected chi connectivity index (χ0v) is 35.7. The summed E-state index contributed by atoms with van der Waals surface area (Å²) in [6.07, 6.45) is 0. The van der Waals surface area contributed by atoms with Gasteiger partial charge in [0.1, 0.15) is 11.2 Å². The Morgan fingerprint density at radius 1 is 0.303 bits per heavy atom. The monoisotopic (exact) mass is 838 g/mol. The van der Waals surface area contributed by atoms with Crippen molar-refractivity contribution in [3.63, 3.8) is 0 Å². The van der Waals surface area contributed by atoms with Crippen molar-refractivity contribution in [2.45, 2.75) is 5.41 Å². The molecule has 2 aliphatic carbocycles. The first-order valence-electron chi connectivity index (χ1n) is 22.6. The van der Waals surface area contributed by atoms with Crippen LogP contribution in [0.1, 0.15) is 22.3 Å². The molecule has 0 atom stereocenters. The van der Waals surface area contributed by atoms with Crippen molar-refractivity contribution in [2.24, 2.45) is 0 Å². The lowest BCUT2D eigenvalue weighted by molar-refractivity contribution is 0.670. The molecule has 14 rings (SSSR count). The molecule has 2 aliphatic rings. The van der Waals surface area contributed by atoms with Crippen LogP contribution in [0.2, 0.25) is 0 Å². The van der Waals surface area contributed by atoms with Gasteiger partial charge in [-0.2, -0.15) is 0 Å². The van der Waals surface area contributed by atoms with Gasteiger partial charge in [0.25, 0.3) is 0 Å². The molecule has 2 aromatic heterocycles. The van der Waals surface area contributed by atoms with Gasteiger partial charge in [-0.05, 0) is 108 Å². The lowest BCUT2D eigenvalue weighted by Crippen LogP contribution is -2.25. The number of aromatic nitrogens is 2. The summed E-state index contributed by atoms with van der Waals surface area (Å²) in [6, 6.07) is 83.3. The van der Waals surface area contributed by atoms with Gasteiger partial charge in [0.15, 0.2) is 5.82 Å².